The van der Waals surface area contributed by atoms with Crippen LogP contribution in [0.5, 0.6) is 0 Å². The van der Waals surface area contributed by atoms with Crippen molar-refractivity contribution in [3.8, 4) is 0 Å². The lowest BCUT2D eigenvalue weighted by molar-refractivity contribution is -0.141. The molecule has 0 saturated carbocycles. The summed E-state index contributed by atoms with van der Waals surface area (Å²) >= 11 is 5.85. The molecule has 2 rings (SSSR count). The summed E-state index contributed by atoms with van der Waals surface area (Å²) in [5.41, 5.74) is 1.07. The van der Waals surface area contributed by atoms with Gasteiger partial charge in [-0.25, -0.2) is 0 Å². The second-order valence-electron chi connectivity index (χ2n) is 4.08. The van der Waals surface area contributed by atoms with Crippen LogP contribution in [-0.4, -0.2) is 35.1 Å². The van der Waals surface area contributed by atoms with Gasteiger partial charge in [0.25, 0.3) is 0 Å². The van der Waals surface area contributed by atoms with Gasteiger partial charge in [-0.1, -0.05) is 23.7 Å². The first-order valence-electron chi connectivity index (χ1n) is 5.35. The zero-order valence-electron chi connectivity index (χ0n) is 8.90. The summed E-state index contributed by atoms with van der Waals surface area (Å²) < 4.78 is 0. The zero-order valence-corrected chi connectivity index (χ0v) is 9.65. The molecule has 0 unspecified atom stereocenters. The predicted molar refractivity (Wildman–Crippen MR) is 62.4 cm³/mol. The molecule has 1 heterocycles. The number of hydrogen-bond acceptors (Lipinski definition) is 2. The van der Waals surface area contributed by atoms with E-state index in [4.69, 9.17) is 16.7 Å². The van der Waals surface area contributed by atoms with E-state index in [1.807, 2.05) is 24.3 Å². The SMILES string of the molecule is O=C(CCc1cccc(Cl)c1)N1CC(O)C1. The van der Waals surface area contributed by atoms with Gasteiger partial charge in [-0.05, 0) is 24.1 Å². The molecule has 1 aliphatic heterocycles. The number of β-amino-alcohol motifs (C(OH)–C–C–N with tert-alkyl or cyclic N) is 1. The van der Waals surface area contributed by atoms with Crippen LogP contribution in [-0.2, 0) is 11.2 Å². The fourth-order valence-electron chi connectivity index (χ4n) is 1.76. The highest BCUT2D eigenvalue weighted by molar-refractivity contribution is 6.30. The Hall–Kier alpha value is -1.06. The first-order chi connectivity index (χ1) is 7.65. The van der Waals surface area contributed by atoms with E-state index in [-0.39, 0.29) is 12.0 Å². The van der Waals surface area contributed by atoms with Crippen LogP contribution < -0.4 is 0 Å². The molecule has 1 N–H and O–H groups in total. The Balaban J connectivity index is 1.81. The summed E-state index contributed by atoms with van der Waals surface area (Å²) in [5.74, 6) is 0.102. The minimum Gasteiger partial charge on any atom is -0.389 e. The van der Waals surface area contributed by atoms with Crippen LogP contribution in [0, 0.1) is 0 Å². The van der Waals surface area contributed by atoms with Gasteiger partial charge >= 0.3 is 0 Å². The van der Waals surface area contributed by atoms with Crippen LogP contribution in [0.4, 0.5) is 0 Å². The van der Waals surface area contributed by atoms with Crippen LogP contribution in [0.1, 0.15) is 12.0 Å². The van der Waals surface area contributed by atoms with Gasteiger partial charge in [-0.3, -0.25) is 4.79 Å². The maximum absolute atomic E-state index is 11.6. The Morgan fingerprint density at radius 1 is 1.50 bits per heavy atom. The summed E-state index contributed by atoms with van der Waals surface area (Å²) in [5, 5.41) is 9.78. The number of amides is 1. The molecular weight excluding hydrogens is 226 g/mol. The molecule has 0 aromatic heterocycles. The first kappa shape index (κ1) is 11.4. The molecule has 3 nitrogen and oxygen atoms in total. The molecule has 86 valence electrons. The van der Waals surface area contributed by atoms with Gasteiger partial charge in [0.05, 0.1) is 6.10 Å². The van der Waals surface area contributed by atoms with E-state index >= 15 is 0 Å². The third-order valence-electron chi connectivity index (χ3n) is 2.73. The summed E-state index contributed by atoms with van der Waals surface area (Å²) in [7, 11) is 0. The predicted octanol–water partition coefficient (Wildman–Crippen LogP) is 1.48. The Morgan fingerprint density at radius 2 is 2.25 bits per heavy atom. The van der Waals surface area contributed by atoms with Crippen molar-refractivity contribution in [1.29, 1.82) is 0 Å². The van der Waals surface area contributed by atoms with Crippen LogP contribution in [0.15, 0.2) is 24.3 Å². The molecule has 0 atom stereocenters. The number of rotatable bonds is 3. The summed E-state index contributed by atoms with van der Waals surface area (Å²) in [6, 6.07) is 7.54. The molecule has 4 heteroatoms. The number of likely N-dealkylation sites (tertiary alicyclic amines) is 1. The summed E-state index contributed by atoms with van der Waals surface area (Å²) in [4.78, 5) is 13.3. The molecular formula is C12H14ClNO2. The average Bonchev–Trinajstić information content (AvgIpc) is 2.22. The van der Waals surface area contributed by atoms with E-state index in [0.717, 1.165) is 5.56 Å². The highest BCUT2D eigenvalue weighted by Gasteiger charge is 2.27. The highest BCUT2D eigenvalue weighted by atomic mass is 35.5. The molecule has 1 aromatic rings. The molecule has 1 aliphatic rings. The van der Waals surface area contributed by atoms with E-state index in [1.54, 1.807) is 4.90 Å². The summed E-state index contributed by atoms with van der Waals surface area (Å²) in [6.07, 6.45) is 0.856. The number of benzene rings is 1. The van der Waals surface area contributed by atoms with Crippen molar-refractivity contribution in [2.24, 2.45) is 0 Å². The Bertz CT molecular complexity index is 388. The average molecular weight is 240 g/mol. The topological polar surface area (TPSA) is 40.5 Å². The third kappa shape index (κ3) is 2.74. The van der Waals surface area contributed by atoms with Gasteiger partial charge in [0.2, 0.25) is 5.91 Å². The lowest BCUT2D eigenvalue weighted by Gasteiger charge is -2.35. The second-order valence-corrected chi connectivity index (χ2v) is 4.52. The van der Waals surface area contributed by atoms with Crippen LogP contribution >= 0.6 is 11.6 Å². The minimum absolute atomic E-state index is 0.102. The largest absolute Gasteiger partial charge is 0.389 e. The normalized spacial score (nSPS) is 16.0. The van der Waals surface area contributed by atoms with E-state index in [0.29, 0.717) is 31.0 Å². The van der Waals surface area contributed by atoms with E-state index in [1.165, 1.54) is 0 Å². The third-order valence-corrected chi connectivity index (χ3v) is 2.97. The van der Waals surface area contributed by atoms with Crippen molar-refractivity contribution in [2.45, 2.75) is 18.9 Å². The number of nitrogens with zero attached hydrogens (tertiary/aromatic N) is 1. The van der Waals surface area contributed by atoms with E-state index in [9.17, 15) is 4.79 Å². The minimum atomic E-state index is -0.324. The van der Waals surface area contributed by atoms with Crippen LogP contribution in [0.2, 0.25) is 5.02 Å². The summed E-state index contributed by atoms with van der Waals surface area (Å²) in [6.45, 7) is 0.961. The van der Waals surface area contributed by atoms with Crippen LogP contribution in [0.3, 0.4) is 0 Å². The van der Waals surface area contributed by atoms with Gasteiger partial charge < -0.3 is 10.0 Å². The molecule has 16 heavy (non-hydrogen) atoms. The molecule has 1 saturated heterocycles. The number of halogens is 1. The van der Waals surface area contributed by atoms with Gasteiger partial charge in [0.1, 0.15) is 0 Å². The number of hydrogen-bond donors (Lipinski definition) is 1. The van der Waals surface area contributed by atoms with Gasteiger partial charge in [-0.2, -0.15) is 0 Å². The van der Waals surface area contributed by atoms with Gasteiger partial charge in [-0.15, -0.1) is 0 Å². The maximum atomic E-state index is 11.6. The van der Waals surface area contributed by atoms with E-state index < -0.39 is 0 Å². The first-order valence-corrected chi connectivity index (χ1v) is 5.73. The highest BCUT2D eigenvalue weighted by Crippen LogP contribution is 2.14. The van der Waals surface area contributed by atoms with Gasteiger partial charge in [0, 0.05) is 24.5 Å². The number of aryl methyl sites for hydroxylation is 1. The maximum Gasteiger partial charge on any atom is 0.223 e. The molecule has 1 aromatic carbocycles. The monoisotopic (exact) mass is 239 g/mol. The number of carbonyl (C=O) groups is 1. The fraction of sp³-hybridized carbons (Fsp3) is 0.417. The quantitative estimate of drug-likeness (QED) is 0.868. The molecule has 1 amide bonds. The van der Waals surface area contributed by atoms with Crippen molar-refractivity contribution in [1.82, 2.24) is 4.90 Å². The van der Waals surface area contributed by atoms with Crippen molar-refractivity contribution in [3.05, 3.63) is 34.9 Å². The molecule has 1 fully saturated rings. The number of carbonyl (C=O) groups excluding carboxylic acids is 1. The second kappa shape index (κ2) is 4.85. The lowest BCUT2D eigenvalue weighted by atomic mass is 10.1. The lowest BCUT2D eigenvalue weighted by Crippen LogP contribution is -2.53. The Morgan fingerprint density at radius 3 is 2.88 bits per heavy atom. The van der Waals surface area contributed by atoms with E-state index in [2.05, 4.69) is 0 Å². The van der Waals surface area contributed by atoms with Gasteiger partial charge in [0.15, 0.2) is 0 Å². The molecule has 0 radical (unpaired) electrons. The van der Waals surface area contributed by atoms with Crippen molar-refractivity contribution >= 4 is 17.5 Å². The smallest absolute Gasteiger partial charge is 0.223 e. The van der Waals surface area contributed by atoms with Crippen molar-refractivity contribution in [2.75, 3.05) is 13.1 Å². The fourth-order valence-corrected chi connectivity index (χ4v) is 1.97. The molecule has 0 spiro atoms. The van der Waals surface area contributed by atoms with Crippen molar-refractivity contribution in [3.63, 3.8) is 0 Å². The zero-order chi connectivity index (χ0) is 11.5. The number of aliphatic hydroxyl groups excluding tert-OH is 1. The standard InChI is InChI=1S/C12H14ClNO2/c13-10-3-1-2-9(6-10)4-5-12(16)14-7-11(15)8-14/h1-3,6,11,15H,4-5,7-8H2. The van der Waals surface area contributed by atoms with Crippen molar-refractivity contribution < 1.29 is 9.90 Å². The number of aliphatic hydroxyl groups is 1. The Kier molecular flexibility index (Phi) is 3.46. The van der Waals surface area contributed by atoms with Crippen LogP contribution in [0.25, 0.3) is 0 Å². The molecule has 0 aliphatic carbocycles. The Labute approximate surface area is 99.6 Å². The molecule has 0 bridgehead atoms.